The lowest BCUT2D eigenvalue weighted by Gasteiger charge is -2.18. The molecule has 0 bridgehead atoms. The van der Waals surface area contributed by atoms with E-state index in [1.807, 2.05) is 37.3 Å². The van der Waals surface area contributed by atoms with Gasteiger partial charge in [-0.05, 0) is 67.8 Å². The second kappa shape index (κ2) is 6.52. The Labute approximate surface area is 130 Å². The lowest BCUT2D eigenvalue weighted by atomic mass is 10.0. The number of aryl methyl sites for hydroxylation is 1. The van der Waals surface area contributed by atoms with Crippen molar-refractivity contribution in [1.82, 2.24) is 0 Å². The molecule has 0 radical (unpaired) electrons. The van der Waals surface area contributed by atoms with E-state index < -0.39 is 0 Å². The fourth-order valence-electron chi connectivity index (χ4n) is 2.63. The number of carbonyl (C=O) groups is 1. The molecule has 2 aromatic rings. The molecule has 0 aliphatic carbocycles. The molecule has 2 N–H and O–H groups in total. The highest BCUT2D eigenvalue weighted by molar-refractivity contribution is 6.04. The third-order valence-corrected chi connectivity index (χ3v) is 3.73. The van der Waals surface area contributed by atoms with Crippen molar-refractivity contribution in [1.29, 1.82) is 0 Å². The number of carbonyl (C=O) groups excluding carboxylic acids is 1. The van der Waals surface area contributed by atoms with Crippen LogP contribution in [0.3, 0.4) is 0 Å². The molecule has 0 atom stereocenters. The Bertz CT molecular complexity index is 665. The first-order valence-corrected chi connectivity index (χ1v) is 7.67. The van der Waals surface area contributed by atoms with Crippen molar-refractivity contribution >= 4 is 17.3 Å². The van der Waals surface area contributed by atoms with E-state index in [2.05, 4.69) is 10.6 Å². The Kier molecular flexibility index (Phi) is 4.28. The summed E-state index contributed by atoms with van der Waals surface area (Å²) in [6.45, 7) is 3.57. The van der Waals surface area contributed by atoms with E-state index in [0.717, 1.165) is 30.8 Å². The summed E-state index contributed by atoms with van der Waals surface area (Å²) >= 11 is 0. The summed E-state index contributed by atoms with van der Waals surface area (Å²) in [5.74, 6) is 0.672. The predicted molar refractivity (Wildman–Crippen MR) is 88.8 cm³/mol. The molecule has 0 fully saturated rings. The van der Waals surface area contributed by atoms with Gasteiger partial charge in [-0.15, -0.1) is 0 Å². The quantitative estimate of drug-likeness (QED) is 0.904. The van der Waals surface area contributed by atoms with Crippen LogP contribution in [-0.4, -0.2) is 19.1 Å². The SMILES string of the molecule is CCOc1ccc(C(=O)Nc2ccc3c(c2)CCCN3)cc1. The van der Waals surface area contributed by atoms with Crippen molar-refractivity contribution in [3.8, 4) is 5.75 Å². The van der Waals surface area contributed by atoms with Crippen LogP contribution in [0.5, 0.6) is 5.75 Å². The van der Waals surface area contributed by atoms with Crippen molar-refractivity contribution < 1.29 is 9.53 Å². The molecule has 1 amide bonds. The third kappa shape index (κ3) is 3.22. The molecule has 3 rings (SSSR count). The van der Waals surface area contributed by atoms with Gasteiger partial charge in [0.1, 0.15) is 5.75 Å². The van der Waals surface area contributed by atoms with Crippen LogP contribution in [0.1, 0.15) is 29.3 Å². The summed E-state index contributed by atoms with van der Waals surface area (Å²) < 4.78 is 5.38. The zero-order valence-electron chi connectivity index (χ0n) is 12.7. The number of amides is 1. The van der Waals surface area contributed by atoms with E-state index in [-0.39, 0.29) is 5.91 Å². The van der Waals surface area contributed by atoms with Crippen LogP contribution in [0.2, 0.25) is 0 Å². The smallest absolute Gasteiger partial charge is 0.255 e. The lowest BCUT2D eigenvalue weighted by Crippen LogP contribution is -2.14. The Morgan fingerprint density at radius 2 is 2.05 bits per heavy atom. The van der Waals surface area contributed by atoms with Gasteiger partial charge in [0, 0.05) is 23.5 Å². The van der Waals surface area contributed by atoms with E-state index in [1.165, 1.54) is 11.3 Å². The molecule has 4 heteroatoms. The maximum atomic E-state index is 12.3. The standard InChI is InChI=1S/C18H20N2O2/c1-2-22-16-8-5-13(6-9-16)18(21)20-15-7-10-17-14(12-15)4-3-11-19-17/h5-10,12,19H,2-4,11H2,1H3,(H,20,21). The molecule has 0 saturated heterocycles. The van der Waals surface area contributed by atoms with Crippen molar-refractivity contribution in [3.05, 3.63) is 53.6 Å². The minimum atomic E-state index is -0.105. The maximum absolute atomic E-state index is 12.3. The highest BCUT2D eigenvalue weighted by Gasteiger charge is 2.11. The van der Waals surface area contributed by atoms with E-state index >= 15 is 0 Å². The minimum absolute atomic E-state index is 0.105. The Morgan fingerprint density at radius 3 is 2.82 bits per heavy atom. The van der Waals surface area contributed by atoms with Crippen LogP contribution < -0.4 is 15.4 Å². The van der Waals surface area contributed by atoms with Gasteiger partial charge in [0.2, 0.25) is 0 Å². The van der Waals surface area contributed by atoms with Crippen molar-refractivity contribution in [3.63, 3.8) is 0 Å². The first kappa shape index (κ1) is 14.4. The molecule has 0 aromatic heterocycles. The van der Waals surface area contributed by atoms with Gasteiger partial charge in [-0.1, -0.05) is 0 Å². The summed E-state index contributed by atoms with van der Waals surface area (Å²) in [5, 5.41) is 6.32. The first-order valence-electron chi connectivity index (χ1n) is 7.67. The normalized spacial score (nSPS) is 13.0. The second-order valence-electron chi connectivity index (χ2n) is 5.31. The second-order valence-corrected chi connectivity index (χ2v) is 5.31. The molecule has 1 aliphatic heterocycles. The van der Waals surface area contributed by atoms with Crippen molar-refractivity contribution in [2.75, 3.05) is 23.8 Å². The number of hydrogen-bond acceptors (Lipinski definition) is 3. The number of ether oxygens (including phenoxy) is 1. The Hall–Kier alpha value is -2.49. The van der Waals surface area contributed by atoms with Crippen LogP contribution in [0.15, 0.2) is 42.5 Å². The van der Waals surface area contributed by atoms with Gasteiger partial charge >= 0.3 is 0 Å². The molecule has 0 unspecified atom stereocenters. The number of anilines is 2. The fraction of sp³-hybridized carbons (Fsp3) is 0.278. The molecule has 22 heavy (non-hydrogen) atoms. The number of fused-ring (bicyclic) bond motifs is 1. The zero-order chi connectivity index (χ0) is 15.4. The molecule has 1 aliphatic rings. The molecule has 114 valence electrons. The van der Waals surface area contributed by atoms with Gasteiger partial charge in [-0.2, -0.15) is 0 Å². The molecule has 0 saturated carbocycles. The number of hydrogen-bond donors (Lipinski definition) is 2. The number of nitrogens with one attached hydrogen (secondary N) is 2. The van der Waals surface area contributed by atoms with E-state index in [0.29, 0.717) is 12.2 Å². The van der Waals surface area contributed by atoms with Gasteiger partial charge < -0.3 is 15.4 Å². The van der Waals surface area contributed by atoms with Gasteiger partial charge in [0.05, 0.1) is 6.61 Å². The molecular formula is C18H20N2O2. The summed E-state index contributed by atoms with van der Waals surface area (Å²) in [4.78, 5) is 12.3. The van der Waals surface area contributed by atoms with Crippen LogP contribution in [0.4, 0.5) is 11.4 Å². The van der Waals surface area contributed by atoms with E-state index in [9.17, 15) is 4.79 Å². The lowest BCUT2D eigenvalue weighted by molar-refractivity contribution is 0.102. The van der Waals surface area contributed by atoms with Crippen molar-refractivity contribution in [2.45, 2.75) is 19.8 Å². The van der Waals surface area contributed by atoms with Crippen LogP contribution in [0.25, 0.3) is 0 Å². The minimum Gasteiger partial charge on any atom is -0.494 e. The molecule has 4 nitrogen and oxygen atoms in total. The van der Waals surface area contributed by atoms with Crippen molar-refractivity contribution in [2.24, 2.45) is 0 Å². The molecule has 0 spiro atoms. The van der Waals surface area contributed by atoms with Gasteiger partial charge in [0.15, 0.2) is 0 Å². The molecule has 1 heterocycles. The fourth-order valence-corrected chi connectivity index (χ4v) is 2.63. The first-order chi connectivity index (χ1) is 10.8. The summed E-state index contributed by atoms with van der Waals surface area (Å²) in [6.07, 6.45) is 2.18. The average Bonchev–Trinajstić information content (AvgIpc) is 2.56. The Morgan fingerprint density at radius 1 is 1.23 bits per heavy atom. The molecular weight excluding hydrogens is 276 g/mol. The topological polar surface area (TPSA) is 50.4 Å². The van der Waals surface area contributed by atoms with Gasteiger partial charge in [-0.3, -0.25) is 4.79 Å². The zero-order valence-corrected chi connectivity index (χ0v) is 12.7. The summed E-state index contributed by atoms with van der Waals surface area (Å²) in [7, 11) is 0. The Balaban J connectivity index is 1.71. The third-order valence-electron chi connectivity index (χ3n) is 3.73. The average molecular weight is 296 g/mol. The number of benzene rings is 2. The van der Waals surface area contributed by atoms with E-state index in [4.69, 9.17) is 4.74 Å². The van der Waals surface area contributed by atoms with Crippen LogP contribution >= 0.6 is 0 Å². The highest BCUT2D eigenvalue weighted by Crippen LogP contribution is 2.25. The van der Waals surface area contributed by atoms with E-state index in [1.54, 1.807) is 12.1 Å². The summed E-state index contributed by atoms with van der Waals surface area (Å²) in [6, 6.07) is 13.2. The highest BCUT2D eigenvalue weighted by atomic mass is 16.5. The number of rotatable bonds is 4. The van der Waals surface area contributed by atoms with Gasteiger partial charge in [0.25, 0.3) is 5.91 Å². The monoisotopic (exact) mass is 296 g/mol. The van der Waals surface area contributed by atoms with Gasteiger partial charge in [-0.25, -0.2) is 0 Å². The largest absolute Gasteiger partial charge is 0.494 e. The predicted octanol–water partition coefficient (Wildman–Crippen LogP) is 3.70. The van der Waals surface area contributed by atoms with Crippen LogP contribution in [0, 0.1) is 0 Å². The summed E-state index contributed by atoms with van der Waals surface area (Å²) in [5.41, 5.74) is 3.89. The van der Waals surface area contributed by atoms with Crippen LogP contribution in [-0.2, 0) is 6.42 Å². The molecule has 2 aromatic carbocycles. The maximum Gasteiger partial charge on any atom is 0.255 e.